The summed E-state index contributed by atoms with van der Waals surface area (Å²) in [5, 5.41) is 2.79. The van der Waals surface area contributed by atoms with Gasteiger partial charge in [-0.2, -0.15) is 0 Å². The Balaban J connectivity index is 1.49. The van der Waals surface area contributed by atoms with Crippen molar-refractivity contribution in [3.8, 4) is 0 Å². The standard InChI is InChI=1S/C22H27N3O4/c1-13-11-18(15-7-9-28-10-8-15)29-22(27)20(13)21(26)23-12-19-24-14(2)16-5-3-4-6-17(16)25-19/h11,15H,3-10,12H2,1-2H3,(H,23,26). The smallest absolute Gasteiger partial charge is 0.349 e. The van der Waals surface area contributed by atoms with E-state index in [0.29, 0.717) is 30.4 Å². The van der Waals surface area contributed by atoms with Crippen molar-refractivity contribution in [3.05, 3.63) is 56.1 Å². The molecule has 0 aromatic carbocycles. The van der Waals surface area contributed by atoms with Gasteiger partial charge in [-0.15, -0.1) is 0 Å². The van der Waals surface area contributed by atoms with Crippen LogP contribution in [0.3, 0.4) is 0 Å². The molecule has 3 heterocycles. The van der Waals surface area contributed by atoms with Crippen LogP contribution >= 0.6 is 0 Å². The third kappa shape index (κ3) is 4.24. The Kier molecular flexibility index (Phi) is 5.76. The number of hydrogen-bond acceptors (Lipinski definition) is 6. The molecular formula is C22H27N3O4. The van der Waals surface area contributed by atoms with Crippen LogP contribution in [-0.4, -0.2) is 29.1 Å². The van der Waals surface area contributed by atoms with Crippen LogP contribution in [0.5, 0.6) is 0 Å². The summed E-state index contributed by atoms with van der Waals surface area (Å²) in [6.45, 7) is 5.28. The molecule has 0 atom stereocenters. The van der Waals surface area contributed by atoms with Gasteiger partial charge in [0, 0.05) is 30.5 Å². The number of carbonyl (C=O) groups excluding carboxylic acids is 1. The Hall–Kier alpha value is -2.54. The maximum atomic E-state index is 12.7. The van der Waals surface area contributed by atoms with Crippen molar-refractivity contribution in [2.24, 2.45) is 0 Å². The van der Waals surface area contributed by atoms with Crippen LogP contribution in [0.15, 0.2) is 15.3 Å². The zero-order valence-electron chi connectivity index (χ0n) is 17.0. The number of fused-ring (bicyclic) bond motifs is 1. The van der Waals surface area contributed by atoms with Gasteiger partial charge in [-0.3, -0.25) is 4.79 Å². The first-order chi connectivity index (χ1) is 14.0. The van der Waals surface area contributed by atoms with Crippen molar-refractivity contribution in [2.45, 2.75) is 64.8 Å². The van der Waals surface area contributed by atoms with Gasteiger partial charge in [-0.05, 0) is 69.6 Å². The Morgan fingerprint density at radius 1 is 1.17 bits per heavy atom. The number of carbonyl (C=O) groups is 1. The molecule has 0 unspecified atom stereocenters. The minimum atomic E-state index is -0.591. The molecule has 1 fully saturated rings. The lowest BCUT2D eigenvalue weighted by molar-refractivity contribution is 0.0795. The van der Waals surface area contributed by atoms with Crippen LogP contribution < -0.4 is 10.9 Å². The number of hydrogen-bond donors (Lipinski definition) is 1. The van der Waals surface area contributed by atoms with E-state index in [0.717, 1.165) is 43.5 Å². The minimum Gasteiger partial charge on any atom is -0.427 e. The summed E-state index contributed by atoms with van der Waals surface area (Å²) in [5.74, 6) is 0.936. The average molecular weight is 397 g/mol. The molecule has 7 nitrogen and oxygen atoms in total. The van der Waals surface area contributed by atoms with Gasteiger partial charge in [0.1, 0.15) is 17.1 Å². The highest BCUT2D eigenvalue weighted by atomic mass is 16.5. The molecule has 4 rings (SSSR count). The van der Waals surface area contributed by atoms with E-state index < -0.39 is 11.5 Å². The molecule has 0 bridgehead atoms. The lowest BCUT2D eigenvalue weighted by atomic mass is 9.95. The third-order valence-corrected chi connectivity index (χ3v) is 5.86. The fourth-order valence-corrected chi connectivity index (χ4v) is 4.26. The molecule has 2 aromatic heterocycles. The quantitative estimate of drug-likeness (QED) is 0.853. The van der Waals surface area contributed by atoms with Crippen LogP contribution in [0.25, 0.3) is 0 Å². The van der Waals surface area contributed by atoms with E-state index in [2.05, 4.69) is 15.3 Å². The highest BCUT2D eigenvalue weighted by Gasteiger charge is 2.23. The zero-order chi connectivity index (χ0) is 20.4. The van der Waals surface area contributed by atoms with Gasteiger partial charge < -0.3 is 14.5 Å². The number of aromatic nitrogens is 2. The number of nitrogens with one attached hydrogen (secondary N) is 1. The van der Waals surface area contributed by atoms with E-state index in [9.17, 15) is 9.59 Å². The van der Waals surface area contributed by atoms with E-state index in [4.69, 9.17) is 9.15 Å². The highest BCUT2D eigenvalue weighted by molar-refractivity contribution is 5.95. The lowest BCUT2D eigenvalue weighted by Gasteiger charge is -2.21. The summed E-state index contributed by atoms with van der Waals surface area (Å²) in [4.78, 5) is 34.3. The second kappa shape index (κ2) is 8.45. The molecule has 1 saturated heterocycles. The molecule has 1 N–H and O–H groups in total. The molecule has 154 valence electrons. The topological polar surface area (TPSA) is 94.3 Å². The molecule has 29 heavy (non-hydrogen) atoms. The third-order valence-electron chi connectivity index (χ3n) is 5.86. The zero-order valence-corrected chi connectivity index (χ0v) is 17.0. The van der Waals surface area contributed by atoms with E-state index >= 15 is 0 Å². The molecule has 1 aliphatic carbocycles. The maximum absolute atomic E-state index is 12.7. The van der Waals surface area contributed by atoms with Crippen LogP contribution in [0.2, 0.25) is 0 Å². The van der Waals surface area contributed by atoms with E-state index in [-0.39, 0.29) is 18.0 Å². The largest absolute Gasteiger partial charge is 0.427 e. The lowest BCUT2D eigenvalue weighted by Crippen LogP contribution is -2.30. The molecule has 0 radical (unpaired) electrons. The molecule has 1 amide bonds. The molecule has 0 spiro atoms. The van der Waals surface area contributed by atoms with E-state index in [1.807, 2.05) is 13.0 Å². The molecule has 0 saturated carbocycles. The Morgan fingerprint density at radius 2 is 1.93 bits per heavy atom. The Morgan fingerprint density at radius 3 is 2.69 bits per heavy atom. The van der Waals surface area contributed by atoms with Crippen molar-refractivity contribution < 1.29 is 13.9 Å². The first-order valence-electron chi connectivity index (χ1n) is 10.4. The Labute approximate surface area is 169 Å². The number of nitrogens with zero attached hydrogens (tertiary/aromatic N) is 2. The molecule has 1 aliphatic heterocycles. The molecule has 7 heteroatoms. The van der Waals surface area contributed by atoms with Crippen molar-refractivity contribution in [1.29, 1.82) is 0 Å². The summed E-state index contributed by atoms with van der Waals surface area (Å²) < 4.78 is 10.9. The summed E-state index contributed by atoms with van der Waals surface area (Å²) in [5.41, 5.74) is 3.40. The van der Waals surface area contributed by atoms with Crippen molar-refractivity contribution >= 4 is 5.91 Å². The summed E-state index contributed by atoms with van der Waals surface area (Å²) in [6.07, 6.45) is 5.93. The number of amides is 1. The maximum Gasteiger partial charge on any atom is 0.349 e. The van der Waals surface area contributed by atoms with Gasteiger partial charge in [0.05, 0.1) is 6.54 Å². The second-order valence-corrected chi connectivity index (χ2v) is 7.92. The normalized spacial score (nSPS) is 17.0. The van der Waals surface area contributed by atoms with Gasteiger partial charge >= 0.3 is 5.63 Å². The number of ether oxygens (including phenoxy) is 1. The van der Waals surface area contributed by atoms with E-state index in [1.165, 1.54) is 12.0 Å². The predicted molar refractivity (Wildman–Crippen MR) is 107 cm³/mol. The molecular weight excluding hydrogens is 370 g/mol. The van der Waals surface area contributed by atoms with Gasteiger partial charge in [-0.25, -0.2) is 14.8 Å². The number of rotatable bonds is 4. The van der Waals surface area contributed by atoms with Crippen LogP contribution in [0.1, 0.15) is 76.1 Å². The molecule has 2 aliphatic rings. The first kappa shape index (κ1) is 19.8. The van der Waals surface area contributed by atoms with Gasteiger partial charge in [0.2, 0.25) is 0 Å². The van der Waals surface area contributed by atoms with Crippen molar-refractivity contribution in [2.75, 3.05) is 13.2 Å². The summed E-state index contributed by atoms with van der Waals surface area (Å²) in [6, 6.07) is 1.81. The fraction of sp³-hybridized carbons (Fsp3) is 0.545. The average Bonchev–Trinajstić information content (AvgIpc) is 2.72. The monoisotopic (exact) mass is 397 g/mol. The van der Waals surface area contributed by atoms with Gasteiger partial charge in [-0.1, -0.05) is 0 Å². The van der Waals surface area contributed by atoms with Crippen LogP contribution in [0.4, 0.5) is 0 Å². The van der Waals surface area contributed by atoms with Gasteiger partial charge in [0.15, 0.2) is 0 Å². The fourth-order valence-electron chi connectivity index (χ4n) is 4.26. The van der Waals surface area contributed by atoms with Gasteiger partial charge in [0.25, 0.3) is 5.91 Å². The first-order valence-corrected chi connectivity index (χ1v) is 10.4. The number of aryl methyl sites for hydroxylation is 3. The summed E-state index contributed by atoms with van der Waals surface area (Å²) in [7, 11) is 0. The van der Waals surface area contributed by atoms with Crippen LogP contribution in [-0.2, 0) is 24.1 Å². The van der Waals surface area contributed by atoms with Crippen molar-refractivity contribution in [3.63, 3.8) is 0 Å². The predicted octanol–water partition coefficient (Wildman–Crippen LogP) is 2.75. The summed E-state index contributed by atoms with van der Waals surface area (Å²) >= 11 is 0. The van der Waals surface area contributed by atoms with Crippen LogP contribution in [0, 0.1) is 13.8 Å². The second-order valence-electron chi connectivity index (χ2n) is 7.92. The minimum absolute atomic E-state index is 0.0514. The molecule has 2 aromatic rings. The van der Waals surface area contributed by atoms with E-state index in [1.54, 1.807) is 6.92 Å². The van der Waals surface area contributed by atoms with Crippen molar-refractivity contribution in [1.82, 2.24) is 15.3 Å². The Bertz CT molecular complexity index is 977. The SMILES string of the molecule is Cc1cc(C2CCOCC2)oc(=O)c1C(=O)NCc1nc(C)c2c(n1)CCCC2. The highest BCUT2D eigenvalue weighted by Crippen LogP contribution is 2.27.